The lowest BCUT2D eigenvalue weighted by Crippen LogP contribution is -2.01. The second-order valence-corrected chi connectivity index (χ2v) is 4.97. The van der Waals surface area contributed by atoms with Gasteiger partial charge in [-0.05, 0) is 30.4 Å². The molecule has 1 N–H and O–H groups in total. The standard InChI is InChI=1S/C13H6ClF3N2S/c14-6-1-2-9-10(3-6)19(13(20)18-9)11-5-7(15)4-8(16)12(11)17/h1-5H,(H,18,20). The van der Waals surface area contributed by atoms with Crippen molar-refractivity contribution in [1.82, 2.24) is 9.55 Å². The molecule has 3 aromatic rings. The lowest BCUT2D eigenvalue weighted by Gasteiger charge is -2.07. The maximum Gasteiger partial charge on any atom is 0.183 e. The summed E-state index contributed by atoms with van der Waals surface area (Å²) in [6, 6.07) is 6.16. The van der Waals surface area contributed by atoms with Gasteiger partial charge in [-0.1, -0.05) is 11.6 Å². The van der Waals surface area contributed by atoms with E-state index in [0.29, 0.717) is 22.1 Å². The zero-order valence-electron chi connectivity index (χ0n) is 9.75. The molecule has 102 valence electrons. The lowest BCUT2D eigenvalue weighted by molar-refractivity contribution is 0.491. The Labute approximate surface area is 121 Å². The molecule has 0 aliphatic heterocycles. The number of H-pyrrole nitrogens is 1. The third kappa shape index (κ3) is 2.01. The molecule has 2 nitrogen and oxygen atoms in total. The molecule has 0 saturated heterocycles. The second-order valence-electron chi connectivity index (χ2n) is 4.15. The number of aromatic nitrogens is 2. The zero-order valence-corrected chi connectivity index (χ0v) is 11.3. The van der Waals surface area contributed by atoms with Crippen molar-refractivity contribution in [2.75, 3.05) is 0 Å². The van der Waals surface area contributed by atoms with E-state index in [0.717, 1.165) is 6.07 Å². The Balaban J connectivity index is 2.43. The molecule has 1 aromatic heterocycles. The molecule has 0 radical (unpaired) electrons. The minimum absolute atomic E-state index is 0.117. The first-order valence-corrected chi connectivity index (χ1v) is 6.31. The number of benzene rings is 2. The summed E-state index contributed by atoms with van der Waals surface area (Å²) in [5.74, 6) is -3.35. The topological polar surface area (TPSA) is 20.7 Å². The van der Waals surface area contributed by atoms with Gasteiger partial charge in [-0.3, -0.25) is 4.57 Å². The third-order valence-electron chi connectivity index (χ3n) is 2.86. The average Bonchev–Trinajstić information content (AvgIpc) is 2.69. The first-order chi connectivity index (χ1) is 9.47. The fraction of sp³-hybridized carbons (Fsp3) is 0. The van der Waals surface area contributed by atoms with Crippen LogP contribution < -0.4 is 0 Å². The van der Waals surface area contributed by atoms with Gasteiger partial charge in [0.1, 0.15) is 5.82 Å². The predicted octanol–water partition coefficient (Wildman–Crippen LogP) is 4.76. The van der Waals surface area contributed by atoms with Crippen LogP contribution in [0.3, 0.4) is 0 Å². The minimum atomic E-state index is -1.28. The molecule has 0 aliphatic rings. The summed E-state index contributed by atoms with van der Waals surface area (Å²) in [5, 5.41) is 0.400. The van der Waals surface area contributed by atoms with Gasteiger partial charge in [-0.15, -0.1) is 0 Å². The Morgan fingerprint density at radius 1 is 1.10 bits per heavy atom. The molecule has 7 heteroatoms. The van der Waals surface area contributed by atoms with Crippen molar-refractivity contribution >= 4 is 34.9 Å². The Morgan fingerprint density at radius 2 is 1.85 bits per heavy atom. The molecule has 0 atom stereocenters. The molecule has 0 bridgehead atoms. The molecule has 0 spiro atoms. The van der Waals surface area contributed by atoms with Crippen LogP contribution in [-0.4, -0.2) is 9.55 Å². The smallest absolute Gasteiger partial charge is 0.183 e. The van der Waals surface area contributed by atoms with Gasteiger partial charge < -0.3 is 4.98 Å². The van der Waals surface area contributed by atoms with Gasteiger partial charge in [0.05, 0.1) is 16.7 Å². The monoisotopic (exact) mass is 314 g/mol. The second kappa shape index (κ2) is 4.64. The maximum absolute atomic E-state index is 13.9. The number of imidazole rings is 1. The van der Waals surface area contributed by atoms with Gasteiger partial charge >= 0.3 is 0 Å². The van der Waals surface area contributed by atoms with Crippen LogP contribution in [0.1, 0.15) is 0 Å². The number of nitrogens with zero attached hydrogens (tertiary/aromatic N) is 1. The maximum atomic E-state index is 13.9. The van der Waals surface area contributed by atoms with Gasteiger partial charge in [0, 0.05) is 17.2 Å². The fourth-order valence-corrected chi connectivity index (χ4v) is 2.49. The van der Waals surface area contributed by atoms with Crippen molar-refractivity contribution in [1.29, 1.82) is 0 Å². The van der Waals surface area contributed by atoms with E-state index in [4.69, 9.17) is 23.8 Å². The van der Waals surface area contributed by atoms with Crippen LogP contribution in [0.15, 0.2) is 30.3 Å². The van der Waals surface area contributed by atoms with E-state index in [-0.39, 0.29) is 10.5 Å². The van der Waals surface area contributed by atoms with E-state index in [1.165, 1.54) is 10.6 Å². The number of hydrogen-bond acceptors (Lipinski definition) is 1. The molecule has 1 heterocycles. The van der Waals surface area contributed by atoms with Crippen molar-refractivity contribution in [3.63, 3.8) is 0 Å². The quantitative estimate of drug-likeness (QED) is 0.507. The number of fused-ring (bicyclic) bond motifs is 1. The Hall–Kier alpha value is -1.79. The first kappa shape index (κ1) is 13.2. The van der Waals surface area contributed by atoms with Gasteiger partial charge in [0.15, 0.2) is 16.4 Å². The molecule has 3 rings (SSSR count). The van der Waals surface area contributed by atoms with Crippen LogP contribution in [0.4, 0.5) is 13.2 Å². The highest BCUT2D eigenvalue weighted by Crippen LogP contribution is 2.26. The molecule has 2 aromatic carbocycles. The van der Waals surface area contributed by atoms with Crippen LogP contribution in [0.5, 0.6) is 0 Å². The van der Waals surface area contributed by atoms with E-state index in [9.17, 15) is 13.2 Å². The molecule has 20 heavy (non-hydrogen) atoms. The number of halogens is 4. The third-order valence-corrected chi connectivity index (χ3v) is 3.38. The number of nitrogens with one attached hydrogen (secondary N) is 1. The highest BCUT2D eigenvalue weighted by Gasteiger charge is 2.16. The number of aromatic amines is 1. The van der Waals surface area contributed by atoms with Crippen LogP contribution >= 0.6 is 23.8 Å². The molecular weight excluding hydrogens is 309 g/mol. The summed E-state index contributed by atoms with van der Waals surface area (Å²) in [7, 11) is 0. The fourth-order valence-electron chi connectivity index (χ4n) is 2.02. The van der Waals surface area contributed by atoms with Crippen molar-refractivity contribution in [3.05, 3.63) is 57.6 Å². The minimum Gasteiger partial charge on any atom is -0.330 e. The highest BCUT2D eigenvalue weighted by atomic mass is 35.5. The van der Waals surface area contributed by atoms with Gasteiger partial charge in [-0.25, -0.2) is 13.2 Å². The summed E-state index contributed by atoms with van der Waals surface area (Å²) >= 11 is 11.0. The van der Waals surface area contributed by atoms with Crippen LogP contribution in [0, 0.1) is 22.2 Å². The molecule has 0 unspecified atom stereocenters. The van der Waals surface area contributed by atoms with E-state index in [2.05, 4.69) is 4.98 Å². The lowest BCUT2D eigenvalue weighted by atomic mass is 10.2. The number of rotatable bonds is 1. The first-order valence-electron chi connectivity index (χ1n) is 5.52. The van der Waals surface area contributed by atoms with E-state index >= 15 is 0 Å². The summed E-state index contributed by atoms with van der Waals surface area (Å²) in [6.45, 7) is 0. The number of hydrogen-bond donors (Lipinski definition) is 1. The molecule has 0 fully saturated rings. The largest absolute Gasteiger partial charge is 0.330 e. The summed E-state index contributed by atoms with van der Waals surface area (Å²) < 4.78 is 41.9. The van der Waals surface area contributed by atoms with Crippen LogP contribution in [0.2, 0.25) is 5.02 Å². The summed E-state index contributed by atoms with van der Waals surface area (Å²) in [5.41, 5.74) is 0.718. The zero-order chi connectivity index (χ0) is 14.4. The summed E-state index contributed by atoms with van der Waals surface area (Å²) in [6.07, 6.45) is 0. The van der Waals surface area contributed by atoms with Crippen molar-refractivity contribution < 1.29 is 13.2 Å². The van der Waals surface area contributed by atoms with Crippen LogP contribution in [-0.2, 0) is 0 Å². The Morgan fingerprint density at radius 3 is 2.60 bits per heavy atom. The van der Waals surface area contributed by atoms with Gasteiger partial charge in [0.25, 0.3) is 0 Å². The van der Waals surface area contributed by atoms with Crippen molar-refractivity contribution in [2.45, 2.75) is 0 Å². The Kier molecular flexibility index (Phi) is 3.07. The van der Waals surface area contributed by atoms with Crippen molar-refractivity contribution in [3.8, 4) is 5.69 Å². The van der Waals surface area contributed by atoms with E-state index in [1.807, 2.05) is 0 Å². The normalized spacial score (nSPS) is 11.2. The van der Waals surface area contributed by atoms with Gasteiger partial charge in [0.2, 0.25) is 0 Å². The average molecular weight is 315 g/mol. The molecule has 0 amide bonds. The van der Waals surface area contributed by atoms with Crippen LogP contribution in [0.25, 0.3) is 16.7 Å². The van der Waals surface area contributed by atoms with E-state index in [1.54, 1.807) is 12.1 Å². The van der Waals surface area contributed by atoms with E-state index < -0.39 is 17.5 Å². The molecule has 0 aliphatic carbocycles. The molecule has 0 saturated carbocycles. The Bertz CT molecular complexity index is 885. The van der Waals surface area contributed by atoms with Crippen molar-refractivity contribution in [2.24, 2.45) is 0 Å². The highest BCUT2D eigenvalue weighted by molar-refractivity contribution is 7.71. The SMILES string of the molecule is Fc1cc(F)c(F)c(-n2c(=S)[nH]c3ccc(Cl)cc32)c1. The molecular formula is C13H6ClF3N2S. The predicted molar refractivity (Wildman–Crippen MR) is 73.3 cm³/mol. The van der Waals surface area contributed by atoms with Gasteiger partial charge in [-0.2, -0.15) is 0 Å². The summed E-state index contributed by atoms with van der Waals surface area (Å²) in [4.78, 5) is 2.83.